The van der Waals surface area contributed by atoms with Crippen molar-refractivity contribution >= 4 is 22.1 Å². The molecule has 0 bridgehead atoms. The number of benzene rings is 1. The zero-order valence-electron chi connectivity index (χ0n) is 24.8. The Morgan fingerprint density at radius 3 is 2.42 bits per heavy atom. The van der Waals surface area contributed by atoms with Gasteiger partial charge in [-0.15, -0.1) is 0 Å². The van der Waals surface area contributed by atoms with Crippen molar-refractivity contribution < 1.29 is 13.9 Å². The molecule has 4 heteroatoms. The van der Waals surface area contributed by atoms with Crippen LogP contribution in [0.25, 0.3) is 16.3 Å². The zero-order chi connectivity index (χ0) is 28.5. The van der Waals surface area contributed by atoms with E-state index in [1.54, 1.807) is 13.0 Å². The summed E-state index contributed by atoms with van der Waals surface area (Å²) in [5, 5.41) is 2.39. The molecular formula is C34H46FNO2. The molecule has 0 N–H and O–H groups in total. The van der Waals surface area contributed by atoms with E-state index in [1.807, 2.05) is 6.20 Å². The SMILES string of the molecule is CCC=CC(C)C1CC=C(F)C2=C1c1nccc3cccc(c13)C2(C)C.CCCC.CO/C(C)=C\C(C)=O. The normalized spacial score (nSPS) is 18.5. The molecule has 2 unspecified atom stereocenters. The van der Waals surface area contributed by atoms with Crippen LogP contribution in [-0.2, 0) is 14.9 Å². The Morgan fingerprint density at radius 2 is 1.87 bits per heavy atom. The van der Waals surface area contributed by atoms with Gasteiger partial charge in [0, 0.05) is 28.6 Å². The first kappa shape index (κ1) is 31.2. The average Bonchev–Trinajstić information content (AvgIpc) is 2.90. The van der Waals surface area contributed by atoms with Gasteiger partial charge in [0.25, 0.3) is 0 Å². The average molecular weight is 520 g/mol. The van der Waals surface area contributed by atoms with Crippen LogP contribution in [0.5, 0.6) is 0 Å². The molecule has 0 spiro atoms. The molecule has 1 aromatic heterocycles. The number of pyridine rings is 1. The minimum Gasteiger partial charge on any atom is -0.501 e. The van der Waals surface area contributed by atoms with Gasteiger partial charge in [-0.1, -0.05) is 84.7 Å². The number of hydrogen-bond donors (Lipinski definition) is 0. The molecular weight excluding hydrogens is 473 g/mol. The van der Waals surface area contributed by atoms with Crippen LogP contribution in [0.3, 0.4) is 0 Å². The molecule has 4 rings (SSSR count). The number of methoxy groups -OCH3 is 1. The van der Waals surface area contributed by atoms with Gasteiger partial charge in [0.2, 0.25) is 0 Å². The summed E-state index contributed by atoms with van der Waals surface area (Å²) in [6.07, 6.45) is 14.0. The fraction of sp³-hybridized carbons (Fsp3) is 0.471. The number of halogens is 1. The topological polar surface area (TPSA) is 39.2 Å². The number of allylic oxidation sites excluding steroid dienone is 8. The van der Waals surface area contributed by atoms with Crippen molar-refractivity contribution in [1.29, 1.82) is 0 Å². The van der Waals surface area contributed by atoms with E-state index in [2.05, 4.69) is 78.0 Å². The minimum absolute atomic E-state index is 0.0179. The lowest BCUT2D eigenvalue weighted by molar-refractivity contribution is -0.112. The molecule has 38 heavy (non-hydrogen) atoms. The van der Waals surface area contributed by atoms with Crippen LogP contribution < -0.4 is 0 Å². The van der Waals surface area contributed by atoms with Gasteiger partial charge in [0.05, 0.1) is 18.6 Å². The van der Waals surface area contributed by atoms with E-state index in [9.17, 15) is 4.79 Å². The molecule has 0 radical (unpaired) electrons. The van der Waals surface area contributed by atoms with Gasteiger partial charge in [-0.25, -0.2) is 4.39 Å². The highest BCUT2D eigenvalue weighted by Crippen LogP contribution is 2.54. The van der Waals surface area contributed by atoms with Crippen LogP contribution in [0.1, 0.15) is 92.3 Å². The van der Waals surface area contributed by atoms with Crippen molar-refractivity contribution in [1.82, 2.24) is 4.98 Å². The molecule has 2 atom stereocenters. The van der Waals surface area contributed by atoms with Crippen molar-refractivity contribution in [2.24, 2.45) is 11.8 Å². The second kappa shape index (κ2) is 14.2. The highest BCUT2D eigenvalue weighted by atomic mass is 19.1. The first-order chi connectivity index (χ1) is 18.0. The van der Waals surface area contributed by atoms with Gasteiger partial charge in [-0.05, 0) is 67.2 Å². The summed E-state index contributed by atoms with van der Waals surface area (Å²) in [4.78, 5) is 15.0. The first-order valence-electron chi connectivity index (χ1n) is 13.9. The fourth-order valence-corrected chi connectivity index (χ4v) is 5.09. The predicted molar refractivity (Wildman–Crippen MR) is 160 cm³/mol. The van der Waals surface area contributed by atoms with E-state index < -0.39 is 0 Å². The van der Waals surface area contributed by atoms with Crippen molar-refractivity contribution in [3.05, 3.63) is 83.2 Å². The van der Waals surface area contributed by atoms with Gasteiger partial charge < -0.3 is 4.74 Å². The molecule has 2 aliphatic carbocycles. The van der Waals surface area contributed by atoms with E-state index in [0.29, 0.717) is 11.7 Å². The molecule has 0 amide bonds. The fourth-order valence-electron chi connectivity index (χ4n) is 5.09. The number of carbonyl (C=O) groups is 1. The standard InChI is InChI=1S/C24H26FN.C6H10O2.C4H10/c1-5-6-8-15(2)17-11-12-19(25)22-21(17)23-20-16(13-14-26-23)9-7-10-18(20)24(22,3)4;1-5(7)4-6(2)8-3;1-3-4-2/h6-10,12-15,17H,5,11H2,1-4H3;4H,1-3H3;3-4H2,1-2H3/b;6-4-;. The first-order valence-corrected chi connectivity index (χ1v) is 13.9. The van der Waals surface area contributed by atoms with Crippen LogP contribution in [-0.4, -0.2) is 17.9 Å². The van der Waals surface area contributed by atoms with Crippen molar-refractivity contribution in [2.45, 2.75) is 86.5 Å². The highest BCUT2D eigenvalue weighted by Gasteiger charge is 2.42. The number of ether oxygens (including phenoxy) is 1. The number of carbonyl (C=O) groups excluding carboxylic acids is 1. The van der Waals surface area contributed by atoms with Crippen molar-refractivity contribution in [3.8, 4) is 0 Å². The number of hydrogen-bond acceptors (Lipinski definition) is 3. The quantitative estimate of drug-likeness (QED) is 0.217. The number of unbranched alkanes of at least 4 members (excludes halogenated alkanes) is 1. The monoisotopic (exact) mass is 519 g/mol. The van der Waals surface area contributed by atoms with Gasteiger partial charge in [0.1, 0.15) is 5.83 Å². The maximum atomic E-state index is 15.1. The summed E-state index contributed by atoms with van der Waals surface area (Å²) in [5.41, 5.74) is 3.75. The largest absolute Gasteiger partial charge is 0.501 e. The van der Waals surface area contributed by atoms with Gasteiger partial charge in [-0.3, -0.25) is 9.78 Å². The molecule has 0 fully saturated rings. The molecule has 1 aromatic carbocycles. The second-order valence-corrected chi connectivity index (χ2v) is 10.6. The molecule has 0 saturated carbocycles. The molecule has 2 aliphatic rings. The Labute approximate surface area is 229 Å². The minimum atomic E-state index is -0.363. The Balaban J connectivity index is 0.000000356. The predicted octanol–water partition coefficient (Wildman–Crippen LogP) is 9.69. The number of ketones is 1. The van der Waals surface area contributed by atoms with Crippen molar-refractivity contribution in [3.63, 3.8) is 0 Å². The molecule has 1 heterocycles. The zero-order valence-corrected chi connectivity index (χ0v) is 24.8. The third-order valence-corrected chi connectivity index (χ3v) is 7.31. The van der Waals surface area contributed by atoms with Crippen LogP contribution in [0.2, 0.25) is 0 Å². The number of rotatable bonds is 6. The summed E-state index contributed by atoms with van der Waals surface area (Å²) < 4.78 is 19.8. The smallest absolute Gasteiger partial charge is 0.155 e. The maximum Gasteiger partial charge on any atom is 0.155 e. The van der Waals surface area contributed by atoms with Crippen molar-refractivity contribution in [2.75, 3.05) is 7.11 Å². The molecule has 3 nitrogen and oxygen atoms in total. The summed E-state index contributed by atoms with van der Waals surface area (Å²) >= 11 is 0. The van der Waals surface area contributed by atoms with Gasteiger partial charge in [0.15, 0.2) is 5.78 Å². The molecule has 0 aliphatic heterocycles. The lowest BCUT2D eigenvalue weighted by Crippen LogP contribution is -2.31. The summed E-state index contributed by atoms with van der Waals surface area (Å²) in [6, 6.07) is 8.41. The van der Waals surface area contributed by atoms with E-state index in [4.69, 9.17) is 9.72 Å². The van der Waals surface area contributed by atoms with E-state index in [0.717, 1.165) is 29.7 Å². The van der Waals surface area contributed by atoms with Gasteiger partial charge in [-0.2, -0.15) is 0 Å². The van der Waals surface area contributed by atoms with Crippen LogP contribution in [0.15, 0.2) is 71.9 Å². The molecule has 206 valence electrons. The van der Waals surface area contributed by atoms with Crippen LogP contribution >= 0.6 is 0 Å². The lowest BCUT2D eigenvalue weighted by atomic mass is 9.63. The van der Waals surface area contributed by atoms with E-state index in [1.165, 1.54) is 49.3 Å². The molecule has 0 saturated heterocycles. The lowest BCUT2D eigenvalue weighted by Gasteiger charge is -2.41. The van der Waals surface area contributed by atoms with E-state index in [-0.39, 0.29) is 22.9 Å². The van der Waals surface area contributed by atoms with E-state index >= 15 is 4.39 Å². The molecule has 2 aromatic rings. The highest BCUT2D eigenvalue weighted by molar-refractivity contribution is 6.00. The Bertz CT molecular complexity index is 1230. The third kappa shape index (κ3) is 7.09. The summed E-state index contributed by atoms with van der Waals surface area (Å²) in [6.45, 7) is 16.3. The van der Waals surface area contributed by atoms with Gasteiger partial charge >= 0.3 is 0 Å². The Hall–Kier alpha value is -3.01. The summed E-state index contributed by atoms with van der Waals surface area (Å²) in [7, 11) is 1.54. The van der Waals surface area contributed by atoms with Crippen LogP contribution in [0.4, 0.5) is 4.39 Å². The third-order valence-electron chi connectivity index (χ3n) is 7.31. The number of aromatic nitrogens is 1. The Morgan fingerprint density at radius 1 is 1.18 bits per heavy atom. The number of nitrogens with zero attached hydrogens (tertiary/aromatic N) is 1. The number of fused-ring (bicyclic) bond motifs is 1. The van der Waals surface area contributed by atoms with Crippen LogP contribution in [0, 0.1) is 11.8 Å². The Kier molecular flexibility index (Phi) is 11.7. The second-order valence-electron chi connectivity index (χ2n) is 10.6. The maximum absolute atomic E-state index is 15.1. The summed E-state index contributed by atoms with van der Waals surface area (Å²) in [5.74, 6) is 1.21.